The Hall–Kier alpha value is 1.23. The first-order valence-electron chi connectivity index (χ1n) is 3.18. The maximum absolute atomic E-state index is 3.69. The van der Waals surface area contributed by atoms with Crippen LogP contribution in [0.1, 0.15) is 5.56 Å². The molecular weight excluding hydrogens is 300 g/mol. The van der Waals surface area contributed by atoms with Crippen molar-refractivity contribution in [1.82, 2.24) is 0 Å². The van der Waals surface area contributed by atoms with E-state index in [0.717, 1.165) is 5.69 Å². The fourth-order valence-electron chi connectivity index (χ4n) is 0.918. The first-order valence-corrected chi connectivity index (χ1v) is 3.18. The van der Waals surface area contributed by atoms with Crippen molar-refractivity contribution in [2.75, 3.05) is 4.90 Å². The van der Waals surface area contributed by atoms with E-state index in [2.05, 4.69) is 14.1 Å². The van der Waals surface area contributed by atoms with Crippen molar-refractivity contribution in [3.8, 4) is 0 Å². The van der Waals surface area contributed by atoms with Crippen LogP contribution in [0.25, 0.3) is 0 Å². The van der Waals surface area contributed by atoms with Gasteiger partial charge >= 0.3 is 0 Å². The third-order valence-corrected chi connectivity index (χ3v) is 1.46. The third kappa shape index (κ3) is 4.46. The summed E-state index contributed by atoms with van der Waals surface area (Å²) in [7, 11) is 7.38. The van der Waals surface area contributed by atoms with Crippen molar-refractivity contribution in [3.05, 3.63) is 43.9 Å². The number of anilines is 1. The van der Waals surface area contributed by atoms with Gasteiger partial charge in [-0.05, 0) is 24.2 Å². The number of hydrogen-bond donors (Lipinski definition) is 0. The summed E-state index contributed by atoms with van der Waals surface area (Å²) in [5.74, 6) is 0. The van der Waals surface area contributed by atoms with Crippen LogP contribution in [0, 0.1) is 21.0 Å². The van der Waals surface area contributed by atoms with Gasteiger partial charge in [0.15, 0.2) is 0 Å². The molecule has 1 aromatic rings. The maximum Gasteiger partial charge on any atom is 0 e. The second-order valence-electron chi connectivity index (χ2n) is 2.33. The van der Waals surface area contributed by atoms with E-state index in [-0.39, 0.29) is 65.4 Å². The van der Waals surface area contributed by atoms with Gasteiger partial charge in [-0.3, -0.25) is 14.1 Å². The zero-order valence-electron chi connectivity index (χ0n) is 7.33. The Morgan fingerprint density at radius 2 is 1.58 bits per heavy atom. The Kier molecular flexibility index (Phi) is 9.96. The van der Waals surface area contributed by atoms with Gasteiger partial charge in [-0.1, -0.05) is 18.2 Å². The molecule has 0 saturated carbocycles. The van der Waals surface area contributed by atoms with Gasteiger partial charge in [0.2, 0.25) is 0 Å². The van der Waals surface area contributed by atoms with Crippen LogP contribution in [0.3, 0.4) is 0 Å². The predicted molar refractivity (Wildman–Crippen MR) is 44.4 cm³/mol. The van der Waals surface area contributed by atoms with Gasteiger partial charge in [0.1, 0.15) is 0 Å². The van der Waals surface area contributed by atoms with Gasteiger partial charge in [-0.15, -0.1) is 0 Å². The smallest absolute Gasteiger partial charge is 0 e. The summed E-state index contributed by atoms with van der Waals surface area (Å²) >= 11 is 0. The monoisotopic (exact) mass is 311 g/mol. The molecule has 60 valence electrons. The average Bonchev–Trinajstić information content (AvgIpc) is 1.88. The van der Waals surface area contributed by atoms with Crippen LogP contribution in [-0.4, -0.2) is 0 Å². The molecule has 0 N–H and O–H groups in total. The van der Waals surface area contributed by atoms with Crippen LogP contribution in [-0.2, 0) is 65.4 Å². The van der Waals surface area contributed by atoms with Gasteiger partial charge in [-0.2, -0.15) is 0 Å². The Bertz CT molecular complexity index is 224. The van der Waals surface area contributed by atoms with Crippen molar-refractivity contribution in [2.24, 2.45) is 0 Å². The molecule has 1 aromatic carbocycles. The molecule has 1 rings (SSSR count). The first kappa shape index (κ1) is 15.7. The molecule has 0 bridgehead atoms. The largest absolute Gasteiger partial charge is 0.670 e. The fraction of sp³-hybridized carbons (Fsp3) is 0.111. The summed E-state index contributed by atoms with van der Waals surface area (Å²) in [6.45, 7) is 2.04. The van der Waals surface area contributed by atoms with Crippen molar-refractivity contribution in [2.45, 2.75) is 6.92 Å². The van der Waals surface area contributed by atoms with E-state index < -0.39 is 0 Å². The van der Waals surface area contributed by atoms with E-state index >= 15 is 0 Å². The van der Waals surface area contributed by atoms with E-state index in [1.165, 1.54) is 5.56 Å². The van der Waals surface area contributed by atoms with E-state index in [4.69, 9.17) is 0 Å². The molecular formula is C9H11NY2-2. The zero-order valence-corrected chi connectivity index (χ0v) is 13.0. The summed E-state index contributed by atoms with van der Waals surface area (Å²) in [6.07, 6.45) is 0. The molecule has 0 aliphatic heterocycles. The number of benzene rings is 1. The number of aryl methyl sites for hydroxylation is 1. The topological polar surface area (TPSA) is 3.24 Å². The van der Waals surface area contributed by atoms with Crippen LogP contribution in [0.2, 0.25) is 0 Å². The molecule has 1 nitrogen and oxygen atoms in total. The van der Waals surface area contributed by atoms with E-state index in [1.807, 2.05) is 31.2 Å². The number of nitrogens with zero attached hydrogens (tertiary/aromatic N) is 1. The molecule has 3 heteroatoms. The third-order valence-electron chi connectivity index (χ3n) is 1.46. The maximum atomic E-state index is 3.69. The van der Waals surface area contributed by atoms with Gasteiger partial charge in [-0.25, -0.2) is 0 Å². The van der Waals surface area contributed by atoms with Crippen LogP contribution in [0.5, 0.6) is 0 Å². The van der Waals surface area contributed by atoms with Gasteiger partial charge in [0.25, 0.3) is 0 Å². The van der Waals surface area contributed by atoms with Crippen LogP contribution < -0.4 is 4.90 Å². The molecule has 0 fully saturated rings. The van der Waals surface area contributed by atoms with Gasteiger partial charge in [0, 0.05) is 65.4 Å². The quantitative estimate of drug-likeness (QED) is 0.720. The summed E-state index contributed by atoms with van der Waals surface area (Å²) < 4.78 is 0. The van der Waals surface area contributed by atoms with Crippen molar-refractivity contribution >= 4 is 5.69 Å². The first-order chi connectivity index (χ1) is 4.72. The Morgan fingerprint density at radius 1 is 1.08 bits per heavy atom. The zero-order chi connectivity index (χ0) is 7.56. The molecule has 0 aromatic heterocycles. The van der Waals surface area contributed by atoms with E-state index in [1.54, 1.807) is 4.90 Å². The van der Waals surface area contributed by atoms with E-state index in [9.17, 15) is 0 Å². The standard InChI is InChI=1S/C9H11N.2Y/c1-8-6-4-5-7-9(8)10(2)3;;/h4-7H,2-3H2,1H3;;/q-2;;. The van der Waals surface area contributed by atoms with Gasteiger partial charge in [0.05, 0.1) is 0 Å². The fourth-order valence-corrected chi connectivity index (χ4v) is 0.918. The molecule has 0 saturated heterocycles. The van der Waals surface area contributed by atoms with Crippen LogP contribution >= 0.6 is 0 Å². The predicted octanol–water partition coefficient (Wildman–Crippen LogP) is 2.38. The number of hydrogen-bond acceptors (Lipinski definition) is 1. The average molecular weight is 311 g/mol. The summed E-state index contributed by atoms with van der Waals surface area (Å²) in [4.78, 5) is 1.62. The number of para-hydroxylation sites is 1. The van der Waals surface area contributed by atoms with Crippen LogP contribution in [0.15, 0.2) is 24.3 Å². The van der Waals surface area contributed by atoms with Crippen molar-refractivity contribution in [1.29, 1.82) is 0 Å². The Morgan fingerprint density at radius 3 is 1.92 bits per heavy atom. The van der Waals surface area contributed by atoms with Crippen molar-refractivity contribution < 1.29 is 65.4 Å². The minimum atomic E-state index is 0. The number of rotatable bonds is 1. The SMILES string of the molecule is [CH2-]N([CH2-])c1ccccc1C.[Y].[Y]. The van der Waals surface area contributed by atoms with E-state index in [0.29, 0.717) is 0 Å². The van der Waals surface area contributed by atoms with Crippen LogP contribution in [0.4, 0.5) is 5.69 Å². The second-order valence-corrected chi connectivity index (χ2v) is 2.33. The van der Waals surface area contributed by atoms with Gasteiger partial charge < -0.3 is 4.90 Å². The normalized spacial score (nSPS) is 7.92. The molecule has 0 atom stereocenters. The summed E-state index contributed by atoms with van der Waals surface area (Å²) in [6, 6.07) is 8.02. The minimum absolute atomic E-state index is 0. The Balaban J connectivity index is 0. The molecule has 0 aliphatic rings. The molecule has 0 spiro atoms. The molecule has 0 aliphatic carbocycles. The summed E-state index contributed by atoms with van der Waals surface area (Å²) in [5, 5.41) is 0. The minimum Gasteiger partial charge on any atom is -0.670 e. The molecule has 0 amide bonds. The van der Waals surface area contributed by atoms with Crippen molar-refractivity contribution in [3.63, 3.8) is 0 Å². The molecule has 2 radical (unpaired) electrons. The Labute approximate surface area is 125 Å². The summed E-state index contributed by atoms with van der Waals surface area (Å²) in [5.41, 5.74) is 2.27. The molecule has 12 heavy (non-hydrogen) atoms. The second kappa shape index (κ2) is 7.61. The molecule has 0 unspecified atom stereocenters. The molecule has 0 heterocycles.